The van der Waals surface area contributed by atoms with Gasteiger partial charge in [0.05, 0.1) is 12.7 Å². The Morgan fingerprint density at radius 1 is 0.857 bits per heavy atom. The molecule has 0 N–H and O–H groups in total. The highest BCUT2D eigenvalue weighted by Gasteiger charge is 2.70. The fourth-order valence-electron chi connectivity index (χ4n) is 2.99. The van der Waals surface area contributed by atoms with Crippen molar-refractivity contribution >= 4 is 8.32 Å². The molecule has 0 fully saturated rings. The Kier molecular flexibility index (Phi) is 4.20. The Labute approximate surface area is 127 Å². The number of rotatable bonds is 6. The molecule has 6 heteroatoms. The van der Waals surface area contributed by atoms with Crippen LogP contribution in [0.4, 0.5) is 0 Å². The monoisotopic (exact) mass is 312 g/mol. The SMILES string of the molecule is COc1cccc2c1C(OC)(O[Si](C)(C)C)C2(OC)OC. The van der Waals surface area contributed by atoms with Crippen molar-refractivity contribution in [3.05, 3.63) is 29.3 Å². The molecule has 1 aliphatic carbocycles. The van der Waals surface area contributed by atoms with Crippen molar-refractivity contribution in [1.29, 1.82) is 0 Å². The van der Waals surface area contributed by atoms with E-state index in [9.17, 15) is 0 Å². The fourth-order valence-corrected chi connectivity index (χ4v) is 4.18. The molecular formula is C15H24O5Si. The maximum Gasteiger partial charge on any atom is 0.255 e. The van der Waals surface area contributed by atoms with E-state index >= 15 is 0 Å². The molecule has 118 valence electrons. The lowest BCUT2D eigenvalue weighted by atomic mass is 9.74. The van der Waals surface area contributed by atoms with Crippen LogP contribution in [0.2, 0.25) is 19.6 Å². The summed E-state index contributed by atoms with van der Waals surface area (Å²) in [6.07, 6.45) is 0. The van der Waals surface area contributed by atoms with Gasteiger partial charge in [-0.3, -0.25) is 0 Å². The molecule has 0 aromatic heterocycles. The lowest BCUT2D eigenvalue weighted by molar-refractivity contribution is -0.414. The summed E-state index contributed by atoms with van der Waals surface area (Å²) in [5.41, 5.74) is 1.70. The summed E-state index contributed by atoms with van der Waals surface area (Å²) in [7, 11) is 4.46. The van der Waals surface area contributed by atoms with Gasteiger partial charge in [-0.1, -0.05) is 12.1 Å². The van der Waals surface area contributed by atoms with Crippen LogP contribution in [-0.4, -0.2) is 36.8 Å². The van der Waals surface area contributed by atoms with Crippen LogP contribution in [0, 0.1) is 0 Å². The van der Waals surface area contributed by atoms with E-state index in [4.69, 9.17) is 23.4 Å². The van der Waals surface area contributed by atoms with Crippen LogP contribution in [0.5, 0.6) is 5.75 Å². The predicted octanol–water partition coefficient (Wildman–Crippen LogP) is 2.81. The molecule has 0 heterocycles. The smallest absolute Gasteiger partial charge is 0.255 e. The largest absolute Gasteiger partial charge is 0.496 e. The number of fused-ring (bicyclic) bond motifs is 1. The van der Waals surface area contributed by atoms with E-state index in [0.717, 1.165) is 11.1 Å². The van der Waals surface area contributed by atoms with Crippen LogP contribution in [0.3, 0.4) is 0 Å². The third-order valence-corrected chi connectivity index (χ3v) is 4.58. The van der Waals surface area contributed by atoms with Crippen LogP contribution in [0.15, 0.2) is 18.2 Å². The van der Waals surface area contributed by atoms with E-state index in [-0.39, 0.29) is 0 Å². The van der Waals surface area contributed by atoms with Crippen molar-refractivity contribution in [2.75, 3.05) is 28.4 Å². The first-order chi connectivity index (χ1) is 9.81. The zero-order valence-corrected chi connectivity index (χ0v) is 14.8. The summed E-state index contributed by atoms with van der Waals surface area (Å²) < 4.78 is 29.0. The quantitative estimate of drug-likeness (QED) is 0.597. The van der Waals surface area contributed by atoms with Crippen molar-refractivity contribution in [1.82, 2.24) is 0 Å². The first kappa shape index (κ1) is 16.4. The van der Waals surface area contributed by atoms with Gasteiger partial charge < -0.3 is 23.4 Å². The lowest BCUT2D eigenvalue weighted by Gasteiger charge is -2.57. The molecular weight excluding hydrogens is 288 g/mol. The van der Waals surface area contributed by atoms with E-state index in [1.807, 2.05) is 18.2 Å². The molecule has 0 radical (unpaired) electrons. The Balaban J connectivity index is 2.69. The summed E-state index contributed by atoms with van der Waals surface area (Å²) in [5.74, 6) is -1.51. The van der Waals surface area contributed by atoms with Crippen molar-refractivity contribution < 1.29 is 23.4 Å². The van der Waals surface area contributed by atoms with Gasteiger partial charge in [-0.2, -0.15) is 0 Å². The molecule has 0 saturated heterocycles. The zero-order valence-electron chi connectivity index (χ0n) is 13.8. The highest BCUT2D eigenvalue weighted by Crippen LogP contribution is 2.61. The van der Waals surface area contributed by atoms with Crippen LogP contribution >= 0.6 is 0 Å². The van der Waals surface area contributed by atoms with Gasteiger partial charge in [0.1, 0.15) is 5.75 Å². The minimum Gasteiger partial charge on any atom is -0.496 e. The second-order valence-electron chi connectivity index (χ2n) is 5.94. The maximum atomic E-state index is 6.36. The second-order valence-corrected chi connectivity index (χ2v) is 10.4. The van der Waals surface area contributed by atoms with Gasteiger partial charge in [0.2, 0.25) is 0 Å². The highest BCUT2D eigenvalue weighted by atomic mass is 28.4. The Bertz CT molecular complexity index is 521. The molecule has 1 aliphatic rings. The first-order valence-electron chi connectivity index (χ1n) is 6.85. The number of hydrogen-bond acceptors (Lipinski definition) is 5. The molecule has 0 saturated carbocycles. The summed E-state index contributed by atoms with van der Waals surface area (Å²) in [6, 6.07) is 5.73. The van der Waals surface area contributed by atoms with Gasteiger partial charge in [-0.15, -0.1) is 0 Å². The van der Waals surface area contributed by atoms with Crippen LogP contribution in [0.1, 0.15) is 11.1 Å². The summed E-state index contributed by atoms with van der Waals surface area (Å²) in [4.78, 5) is 0. The van der Waals surface area contributed by atoms with Gasteiger partial charge in [0.25, 0.3) is 11.6 Å². The normalized spacial score (nSPS) is 23.4. The Hall–Kier alpha value is -0.923. The number of benzene rings is 1. The van der Waals surface area contributed by atoms with E-state index in [1.165, 1.54) is 0 Å². The number of methoxy groups -OCH3 is 4. The van der Waals surface area contributed by atoms with E-state index < -0.39 is 19.9 Å². The summed E-state index contributed by atoms with van der Waals surface area (Å²) in [6.45, 7) is 6.28. The van der Waals surface area contributed by atoms with Crippen LogP contribution in [0.25, 0.3) is 0 Å². The third-order valence-electron chi connectivity index (χ3n) is 3.68. The minimum absolute atomic E-state index is 0.706. The molecule has 0 aliphatic heterocycles. The molecule has 1 aromatic carbocycles. The Morgan fingerprint density at radius 3 is 1.86 bits per heavy atom. The van der Waals surface area contributed by atoms with Crippen LogP contribution < -0.4 is 4.74 Å². The average molecular weight is 312 g/mol. The van der Waals surface area contributed by atoms with Crippen molar-refractivity contribution in [3.8, 4) is 5.75 Å². The molecule has 1 atom stereocenters. The number of hydrogen-bond donors (Lipinski definition) is 0. The highest BCUT2D eigenvalue weighted by molar-refractivity contribution is 6.69. The van der Waals surface area contributed by atoms with Gasteiger partial charge in [0, 0.05) is 26.9 Å². The molecule has 2 rings (SSSR count). The maximum absolute atomic E-state index is 6.36. The number of ether oxygens (including phenoxy) is 4. The van der Waals surface area contributed by atoms with E-state index in [0.29, 0.717) is 5.75 Å². The van der Waals surface area contributed by atoms with Crippen molar-refractivity contribution in [2.24, 2.45) is 0 Å². The molecule has 0 spiro atoms. The first-order valence-corrected chi connectivity index (χ1v) is 10.3. The minimum atomic E-state index is -1.95. The molecule has 21 heavy (non-hydrogen) atoms. The standard InChI is InChI=1S/C15H24O5Si/c1-16-12-10-8-9-11-13(12)15(19-4,20-21(5,6)7)14(11,17-2)18-3/h8-10H,1-7H3. The van der Waals surface area contributed by atoms with Gasteiger partial charge >= 0.3 is 0 Å². The van der Waals surface area contributed by atoms with Crippen molar-refractivity contribution in [2.45, 2.75) is 31.2 Å². The third kappa shape index (κ3) is 2.13. The van der Waals surface area contributed by atoms with Crippen molar-refractivity contribution in [3.63, 3.8) is 0 Å². The fraction of sp³-hybridized carbons (Fsp3) is 0.600. The molecule has 5 nitrogen and oxygen atoms in total. The molecule has 1 unspecified atom stereocenters. The predicted molar refractivity (Wildman–Crippen MR) is 81.8 cm³/mol. The lowest BCUT2D eigenvalue weighted by Crippen LogP contribution is -2.65. The Morgan fingerprint density at radius 2 is 1.43 bits per heavy atom. The second kappa shape index (κ2) is 5.37. The van der Waals surface area contributed by atoms with Crippen LogP contribution in [-0.2, 0) is 30.2 Å². The average Bonchev–Trinajstić information content (AvgIpc) is 2.44. The van der Waals surface area contributed by atoms with Gasteiger partial charge in [0.15, 0.2) is 8.32 Å². The van der Waals surface area contributed by atoms with E-state index in [2.05, 4.69) is 19.6 Å². The van der Waals surface area contributed by atoms with Gasteiger partial charge in [-0.05, 0) is 25.7 Å². The van der Waals surface area contributed by atoms with Gasteiger partial charge in [-0.25, -0.2) is 0 Å². The molecule has 0 bridgehead atoms. The summed E-state index contributed by atoms with van der Waals surface area (Å²) in [5, 5.41) is 0. The summed E-state index contributed by atoms with van der Waals surface area (Å²) >= 11 is 0. The molecule has 0 amide bonds. The zero-order chi connectivity index (χ0) is 15.9. The topological polar surface area (TPSA) is 46.2 Å². The molecule has 1 aromatic rings. The van der Waals surface area contributed by atoms with E-state index in [1.54, 1.807) is 28.4 Å².